The van der Waals surface area contributed by atoms with Crippen molar-refractivity contribution >= 4 is 11.5 Å². The highest BCUT2D eigenvalue weighted by molar-refractivity contribution is 6.16. The lowest BCUT2D eigenvalue weighted by molar-refractivity contribution is -0.130. The Morgan fingerprint density at radius 1 is 1.50 bits per heavy atom. The number of allylic oxidation sites excluding steroid dienone is 1. The lowest BCUT2D eigenvalue weighted by Crippen LogP contribution is -2.11. The standard InChI is InChI=1S/C13H16FNO3/c1-3-5-9(15)11(13(16)17)8-6-4-7-10(18-2)12(8)14/h4,6-7H,3,5,15H2,1-2H3,(H,16,17)/b11-9-. The summed E-state index contributed by atoms with van der Waals surface area (Å²) in [5.74, 6) is -1.96. The van der Waals surface area contributed by atoms with E-state index in [1.807, 2.05) is 6.92 Å². The molecule has 5 heteroatoms. The lowest BCUT2D eigenvalue weighted by atomic mass is 10.0. The van der Waals surface area contributed by atoms with Gasteiger partial charge < -0.3 is 15.6 Å². The molecule has 0 aromatic heterocycles. The minimum absolute atomic E-state index is 0.00412. The van der Waals surface area contributed by atoms with Crippen LogP contribution in [0.4, 0.5) is 4.39 Å². The molecule has 0 aliphatic heterocycles. The maximum Gasteiger partial charge on any atom is 0.338 e. The van der Waals surface area contributed by atoms with Crippen molar-refractivity contribution in [2.75, 3.05) is 7.11 Å². The fraction of sp³-hybridized carbons (Fsp3) is 0.308. The van der Waals surface area contributed by atoms with Crippen LogP contribution in [0.1, 0.15) is 25.3 Å². The molecule has 0 saturated heterocycles. The third kappa shape index (κ3) is 2.80. The fourth-order valence-electron chi connectivity index (χ4n) is 1.68. The first kappa shape index (κ1) is 14.0. The van der Waals surface area contributed by atoms with E-state index >= 15 is 0 Å². The van der Waals surface area contributed by atoms with Crippen LogP contribution in [0.5, 0.6) is 5.75 Å². The van der Waals surface area contributed by atoms with Crippen molar-refractivity contribution in [3.8, 4) is 5.75 Å². The van der Waals surface area contributed by atoms with Crippen molar-refractivity contribution < 1.29 is 19.0 Å². The van der Waals surface area contributed by atoms with Crippen LogP contribution in [0.25, 0.3) is 5.57 Å². The first-order valence-electron chi connectivity index (χ1n) is 5.57. The average Bonchev–Trinajstić information content (AvgIpc) is 2.31. The number of hydrogen-bond acceptors (Lipinski definition) is 3. The summed E-state index contributed by atoms with van der Waals surface area (Å²) in [5, 5.41) is 9.17. The molecule has 4 nitrogen and oxygen atoms in total. The predicted octanol–water partition coefficient (Wildman–Crippen LogP) is 2.39. The Balaban J connectivity index is 3.40. The Morgan fingerprint density at radius 3 is 2.67 bits per heavy atom. The van der Waals surface area contributed by atoms with E-state index in [1.54, 1.807) is 0 Å². The van der Waals surface area contributed by atoms with E-state index in [9.17, 15) is 9.18 Å². The molecule has 0 bridgehead atoms. The highest BCUT2D eigenvalue weighted by Crippen LogP contribution is 2.27. The number of carboxylic acid groups (broad SMARTS) is 1. The number of rotatable bonds is 5. The summed E-state index contributed by atoms with van der Waals surface area (Å²) < 4.78 is 18.8. The van der Waals surface area contributed by atoms with Crippen LogP contribution < -0.4 is 10.5 Å². The Bertz CT molecular complexity index is 483. The predicted molar refractivity (Wildman–Crippen MR) is 66.6 cm³/mol. The fourth-order valence-corrected chi connectivity index (χ4v) is 1.68. The van der Waals surface area contributed by atoms with E-state index in [-0.39, 0.29) is 22.6 Å². The SMILES string of the molecule is CCC/C(N)=C(/C(=O)O)c1cccc(OC)c1F. The topological polar surface area (TPSA) is 72.6 Å². The molecule has 0 unspecified atom stereocenters. The minimum atomic E-state index is -1.24. The summed E-state index contributed by atoms with van der Waals surface area (Å²) in [6.07, 6.45) is 1.09. The summed E-state index contributed by atoms with van der Waals surface area (Å²) in [6.45, 7) is 1.87. The zero-order valence-corrected chi connectivity index (χ0v) is 10.4. The maximum absolute atomic E-state index is 14.0. The molecule has 0 amide bonds. The van der Waals surface area contributed by atoms with E-state index in [0.717, 1.165) is 0 Å². The van der Waals surface area contributed by atoms with Gasteiger partial charge in [-0.25, -0.2) is 9.18 Å². The second kappa shape index (κ2) is 6.05. The monoisotopic (exact) mass is 253 g/mol. The third-order valence-corrected chi connectivity index (χ3v) is 2.51. The van der Waals surface area contributed by atoms with Gasteiger partial charge in [0.15, 0.2) is 11.6 Å². The Labute approximate surface area is 105 Å². The van der Waals surface area contributed by atoms with Gasteiger partial charge in [0, 0.05) is 11.3 Å². The zero-order valence-electron chi connectivity index (χ0n) is 10.4. The second-order valence-electron chi connectivity index (χ2n) is 3.78. The third-order valence-electron chi connectivity index (χ3n) is 2.51. The summed E-state index contributed by atoms with van der Waals surface area (Å²) in [5.41, 5.74) is 5.63. The number of methoxy groups -OCH3 is 1. The first-order chi connectivity index (χ1) is 8.52. The zero-order chi connectivity index (χ0) is 13.7. The van der Waals surface area contributed by atoms with Crippen LogP contribution in [0.15, 0.2) is 23.9 Å². The van der Waals surface area contributed by atoms with E-state index in [4.69, 9.17) is 15.6 Å². The van der Waals surface area contributed by atoms with Crippen molar-refractivity contribution in [3.63, 3.8) is 0 Å². The smallest absolute Gasteiger partial charge is 0.338 e. The molecule has 0 saturated carbocycles. The Morgan fingerprint density at radius 2 is 2.17 bits per heavy atom. The van der Waals surface area contributed by atoms with E-state index < -0.39 is 11.8 Å². The molecular formula is C13H16FNO3. The van der Waals surface area contributed by atoms with Crippen LogP contribution in [0.2, 0.25) is 0 Å². The molecule has 0 aliphatic rings. The molecule has 98 valence electrons. The van der Waals surface area contributed by atoms with E-state index in [1.165, 1.54) is 25.3 Å². The summed E-state index contributed by atoms with van der Waals surface area (Å²) in [4.78, 5) is 11.2. The van der Waals surface area contributed by atoms with Crippen molar-refractivity contribution in [1.82, 2.24) is 0 Å². The summed E-state index contributed by atoms with van der Waals surface area (Å²) >= 11 is 0. The van der Waals surface area contributed by atoms with Crippen molar-refractivity contribution in [1.29, 1.82) is 0 Å². The number of benzene rings is 1. The average molecular weight is 253 g/mol. The van der Waals surface area contributed by atoms with Crippen LogP contribution in [0, 0.1) is 5.82 Å². The normalized spacial score (nSPS) is 11.9. The van der Waals surface area contributed by atoms with Crippen molar-refractivity contribution in [3.05, 3.63) is 35.3 Å². The van der Waals surface area contributed by atoms with Gasteiger partial charge in [0.2, 0.25) is 0 Å². The molecule has 0 spiro atoms. The van der Waals surface area contributed by atoms with Gasteiger partial charge in [-0.2, -0.15) is 0 Å². The highest BCUT2D eigenvalue weighted by atomic mass is 19.1. The quantitative estimate of drug-likeness (QED) is 0.790. The molecule has 0 atom stereocenters. The Kier molecular flexibility index (Phi) is 4.71. The van der Waals surface area contributed by atoms with Crippen LogP contribution in [0.3, 0.4) is 0 Å². The van der Waals surface area contributed by atoms with Crippen LogP contribution in [-0.2, 0) is 4.79 Å². The summed E-state index contributed by atoms with van der Waals surface area (Å²) in [6, 6.07) is 4.33. The number of aliphatic carboxylic acids is 1. The largest absolute Gasteiger partial charge is 0.494 e. The molecule has 3 N–H and O–H groups in total. The van der Waals surface area contributed by atoms with Gasteiger partial charge >= 0.3 is 5.97 Å². The molecule has 0 aliphatic carbocycles. The van der Waals surface area contributed by atoms with Gasteiger partial charge in [-0.15, -0.1) is 0 Å². The van der Waals surface area contributed by atoms with E-state index in [0.29, 0.717) is 12.8 Å². The molecule has 0 heterocycles. The van der Waals surface area contributed by atoms with Gasteiger partial charge in [0.05, 0.1) is 12.7 Å². The molecule has 1 aromatic rings. The van der Waals surface area contributed by atoms with Crippen LogP contribution >= 0.6 is 0 Å². The molecule has 0 fully saturated rings. The number of carboxylic acids is 1. The number of halogens is 1. The minimum Gasteiger partial charge on any atom is -0.494 e. The number of carbonyl (C=O) groups is 1. The number of hydrogen-bond donors (Lipinski definition) is 2. The van der Waals surface area contributed by atoms with Gasteiger partial charge in [-0.3, -0.25) is 0 Å². The molecule has 18 heavy (non-hydrogen) atoms. The highest BCUT2D eigenvalue weighted by Gasteiger charge is 2.20. The second-order valence-corrected chi connectivity index (χ2v) is 3.78. The van der Waals surface area contributed by atoms with Gasteiger partial charge in [0.1, 0.15) is 0 Å². The molecular weight excluding hydrogens is 237 g/mol. The summed E-state index contributed by atoms with van der Waals surface area (Å²) in [7, 11) is 1.32. The number of nitrogens with two attached hydrogens (primary N) is 1. The Hall–Kier alpha value is -2.04. The van der Waals surface area contributed by atoms with Crippen molar-refractivity contribution in [2.24, 2.45) is 5.73 Å². The molecule has 0 radical (unpaired) electrons. The molecule has 1 aromatic carbocycles. The maximum atomic E-state index is 14.0. The van der Waals surface area contributed by atoms with Crippen LogP contribution in [-0.4, -0.2) is 18.2 Å². The molecule has 1 rings (SSSR count). The lowest BCUT2D eigenvalue weighted by Gasteiger charge is -2.11. The first-order valence-corrected chi connectivity index (χ1v) is 5.57. The van der Waals surface area contributed by atoms with Crippen molar-refractivity contribution in [2.45, 2.75) is 19.8 Å². The number of ether oxygens (including phenoxy) is 1. The van der Waals surface area contributed by atoms with Gasteiger partial charge in [0.25, 0.3) is 0 Å². The van der Waals surface area contributed by atoms with E-state index in [2.05, 4.69) is 0 Å². The van der Waals surface area contributed by atoms with Gasteiger partial charge in [-0.05, 0) is 12.5 Å². The van der Waals surface area contributed by atoms with Gasteiger partial charge in [-0.1, -0.05) is 25.5 Å².